The molecule has 0 saturated carbocycles. The van der Waals surface area contributed by atoms with Gasteiger partial charge >= 0.3 is 0 Å². The van der Waals surface area contributed by atoms with Crippen molar-refractivity contribution in [2.45, 2.75) is 50.9 Å². The predicted molar refractivity (Wildman–Crippen MR) is 119 cm³/mol. The third-order valence-electron chi connectivity index (χ3n) is 5.39. The molecule has 0 aliphatic carbocycles. The number of benzene rings is 1. The summed E-state index contributed by atoms with van der Waals surface area (Å²) in [6, 6.07) is 7.34. The fourth-order valence-corrected chi connectivity index (χ4v) is 6.57. The molecule has 2 atom stereocenters. The maximum atomic E-state index is 12.8. The third kappa shape index (κ3) is 7.55. The van der Waals surface area contributed by atoms with Crippen molar-refractivity contribution in [3.05, 3.63) is 29.8 Å². The quantitative estimate of drug-likeness (QED) is 0.572. The van der Waals surface area contributed by atoms with Gasteiger partial charge in [-0.15, -0.1) is 0 Å². The van der Waals surface area contributed by atoms with Gasteiger partial charge in [0.15, 0.2) is 9.84 Å². The fourth-order valence-electron chi connectivity index (χ4n) is 4.23. The standard InChI is InChI=1S/C20H35N3O4S2/c1-5-14-23(20(28(3,24)25)18-10-12-21-13-11-18)16(2)15-17-6-8-19(9-7-17)22-29(4,26)27/h6-9,16,18,20-22H,5,10-15H2,1-4H3. The van der Waals surface area contributed by atoms with E-state index in [1.807, 2.05) is 12.1 Å². The Kier molecular flexibility index (Phi) is 8.51. The second kappa shape index (κ2) is 10.2. The number of sulfonamides is 1. The first kappa shape index (κ1) is 24.1. The zero-order valence-corrected chi connectivity index (χ0v) is 19.5. The van der Waals surface area contributed by atoms with Crippen molar-refractivity contribution in [2.75, 3.05) is 36.9 Å². The molecule has 1 aliphatic rings. The smallest absolute Gasteiger partial charge is 0.229 e. The van der Waals surface area contributed by atoms with Gasteiger partial charge in [-0.3, -0.25) is 9.62 Å². The highest BCUT2D eigenvalue weighted by atomic mass is 32.2. The normalized spacial score (nSPS) is 18.5. The Labute approximate surface area is 176 Å². The average molecular weight is 446 g/mol. The van der Waals surface area contributed by atoms with Crippen molar-refractivity contribution in [1.82, 2.24) is 10.2 Å². The van der Waals surface area contributed by atoms with Crippen LogP contribution in [-0.2, 0) is 26.3 Å². The van der Waals surface area contributed by atoms with Crippen molar-refractivity contribution in [2.24, 2.45) is 5.92 Å². The van der Waals surface area contributed by atoms with E-state index in [1.54, 1.807) is 12.1 Å². The summed E-state index contributed by atoms with van der Waals surface area (Å²) in [6.07, 6.45) is 5.82. The summed E-state index contributed by atoms with van der Waals surface area (Å²) in [4.78, 5) is 2.16. The van der Waals surface area contributed by atoms with Crippen molar-refractivity contribution >= 4 is 25.5 Å². The zero-order chi connectivity index (χ0) is 21.7. The lowest BCUT2D eigenvalue weighted by Gasteiger charge is -2.41. The maximum Gasteiger partial charge on any atom is 0.229 e. The number of hydrogen-bond acceptors (Lipinski definition) is 6. The molecule has 0 spiro atoms. The Morgan fingerprint density at radius 1 is 1.10 bits per heavy atom. The van der Waals surface area contributed by atoms with E-state index in [-0.39, 0.29) is 12.0 Å². The highest BCUT2D eigenvalue weighted by Crippen LogP contribution is 2.28. The van der Waals surface area contributed by atoms with Gasteiger partial charge in [-0.25, -0.2) is 16.8 Å². The molecule has 2 unspecified atom stereocenters. The molecular weight excluding hydrogens is 410 g/mol. The molecule has 1 aliphatic heterocycles. The van der Waals surface area contributed by atoms with Crippen LogP contribution in [0.2, 0.25) is 0 Å². The fraction of sp³-hybridized carbons (Fsp3) is 0.700. The van der Waals surface area contributed by atoms with Gasteiger partial charge in [0.1, 0.15) is 5.37 Å². The van der Waals surface area contributed by atoms with E-state index in [9.17, 15) is 16.8 Å². The number of hydrogen-bond donors (Lipinski definition) is 2. The number of rotatable bonds is 10. The molecular formula is C20H35N3O4S2. The number of nitrogens with one attached hydrogen (secondary N) is 2. The molecule has 0 amide bonds. The third-order valence-corrected chi connectivity index (χ3v) is 7.53. The van der Waals surface area contributed by atoms with Crippen molar-refractivity contribution in [3.8, 4) is 0 Å². The first-order valence-electron chi connectivity index (χ1n) is 10.2. The minimum atomic E-state index is -3.30. The van der Waals surface area contributed by atoms with Crippen LogP contribution in [0, 0.1) is 5.92 Å². The maximum absolute atomic E-state index is 12.8. The van der Waals surface area contributed by atoms with E-state index in [2.05, 4.69) is 28.8 Å². The Hall–Kier alpha value is -1.16. The molecule has 29 heavy (non-hydrogen) atoms. The molecule has 2 rings (SSSR count). The van der Waals surface area contributed by atoms with Crippen LogP contribution in [-0.4, -0.2) is 65.3 Å². The zero-order valence-electron chi connectivity index (χ0n) is 17.9. The van der Waals surface area contributed by atoms with Gasteiger partial charge in [0.25, 0.3) is 0 Å². The molecule has 2 N–H and O–H groups in total. The summed E-state index contributed by atoms with van der Waals surface area (Å²) >= 11 is 0. The average Bonchev–Trinajstić information content (AvgIpc) is 2.61. The van der Waals surface area contributed by atoms with Gasteiger partial charge in [-0.1, -0.05) is 19.1 Å². The second-order valence-electron chi connectivity index (χ2n) is 8.17. The summed E-state index contributed by atoms with van der Waals surface area (Å²) in [6.45, 7) is 6.61. The van der Waals surface area contributed by atoms with Gasteiger partial charge in [-0.2, -0.15) is 0 Å². The minimum Gasteiger partial charge on any atom is -0.317 e. The molecule has 1 aromatic carbocycles. The van der Waals surface area contributed by atoms with Crippen LogP contribution in [0.3, 0.4) is 0 Å². The highest BCUT2D eigenvalue weighted by molar-refractivity contribution is 7.92. The molecule has 166 valence electrons. The second-order valence-corrected chi connectivity index (χ2v) is 12.1. The van der Waals surface area contributed by atoms with Gasteiger partial charge in [0.05, 0.1) is 6.26 Å². The van der Waals surface area contributed by atoms with Gasteiger partial charge in [0, 0.05) is 18.0 Å². The van der Waals surface area contributed by atoms with Crippen molar-refractivity contribution in [1.29, 1.82) is 0 Å². The first-order chi connectivity index (χ1) is 13.5. The summed E-state index contributed by atoms with van der Waals surface area (Å²) < 4.78 is 50.7. The van der Waals surface area contributed by atoms with Crippen LogP contribution in [0.25, 0.3) is 0 Å². The van der Waals surface area contributed by atoms with Gasteiger partial charge in [0.2, 0.25) is 10.0 Å². The molecule has 1 heterocycles. The molecule has 0 radical (unpaired) electrons. The molecule has 0 bridgehead atoms. The number of anilines is 1. The molecule has 1 aromatic rings. The van der Waals surface area contributed by atoms with E-state index in [0.717, 1.165) is 50.7 Å². The van der Waals surface area contributed by atoms with Gasteiger partial charge in [-0.05, 0) is 75.9 Å². The number of nitrogens with zero attached hydrogens (tertiary/aromatic N) is 1. The van der Waals surface area contributed by atoms with E-state index in [4.69, 9.17) is 0 Å². The van der Waals surface area contributed by atoms with E-state index >= 15 is 0 Å². The van der Waals surface area contributed by atoms with E-state index in [1.165, 1.54) is 6.26 Å². The minimum absolute atomic E-state index is 0.0540. The Morgan fingerprint density at radius 2 is 1.69 bits per heavy atom. The van der Waals surface area contributed by atoms with Crippen LogP contribution in [0.15, 0.2) is 24.3 Å². The van der Waals surface area contributed by atoms with Crippen molar-refractivity contribution in [3.63, 3.8) is 0 Å². The lowest BCUT2D eigenvalue weighted by Crippen LogP contribution is -2.52. The summed E-state index contributed by atoms with van der Waals surface area (Å²) in [7, 11) is -6.53. The van der Waals surface area contributed by atoms with Crippen LogP contribution in [0.1, 0.15) is 38.7 Å². The summed E-state index contributed by atoms with van der Waals surface area (Å²) in [5.74, 6) is 0.140. The summed E-state index contributed by atoms with van der Waals surface area (Å²) in [5, 5.41) is 2.85. The molecule has 0 aromatic heterocycles. The molecule has 7 nitrogen and oxygen atoms in total. The largest absolute Gasteiger partial charge is 0.317 e. The van der Waals surface area contributed by atoms with Gasteiger partial charge < -0.3 is 5.32 Å². The number of sulfone groups is 1. The Bertz CT molecular complexity index is 848. The molecule has 9 heteroatoms. The lowest BCUT2D eigenvalue weighted by molar-refractivity contribution is 0.131. The van der Waals surface area contributed by atoms with E-state index < -0.39 is 25.2 Å². The summed E-state index contributed by atoms with van der Waals surface area (Å²) in [5.41, 5.74) is 1.58. The van der Waals surface area contributed by atoms with Crippen LogP contribution in [0.4, 0.5) is 5.69 Å². The predicted octanol–water partition coefficient (Wildman–Crippen LogP) is 2.07. The van der Waals surface area contributed by atoms with Crippen LogP contribution in [0.5, 0.6) is 0 Å². The Morgan fingerprint density at radius 3 is 2.17 bits per heavy atom. The highest BCUT2D eigenvalue weighted by Gasteiger charge is 2.37. The molecule has 1 fully saturated rings. The number of piperidine rings is 1. The lowest BCUT2D eigenvalue weighted by atomic mass is 9.95. The van der Waals surface area contributed by atoms with E-state index in [0.29, 0.717) is 12.1 Å². The monoisotopic (exact) mass is 445 g/mol. The Balaban J connectivity index is 2.19. The first-order valence-corrected chi connectivity index (χ1v) is 14.1. The van der Waals surface area contributed by atoms with Crippen molar-refractivity contribution < 1.29 is 16.8 Å². The molecule has 1 saturated heterocycles. The van der Waals surface area contributed by atoms with Crippen LogP contribution >= 0.6 is 0 Å². The SMILES string of the molecule is CCCN(C(C)Cc1ccc(NS(C)(=O)=O)cc1)C(C1CCNCC1)S(C)(=O)=O. The van der Waals surface area contributed by atoms with Crippen LogP contribution < -0.4 is 10.0 Å². The topological polar surface area (TPSA) is 95.6 Å².